The summed E-state index contributed by atoms with van der Waals surface area (Å²) in [5.41, 5.74) is -0.936. The monoisotopic (exact) mass is 374 g/mol. The Bertz CT molecular complexity index is 932. The molecule has 0 spiro atoms. The first-order valence-electron chi connectivity index (χ1n) is 7.42. The summed E-state index contributed by atoms with van der Waals surface area (Å²) in [5, 5.41) is 3.37. The van der Waals surface area contributed by atoms with Gasteiger partial charge in [-0.3, -0.25) is 9.78 Å². The van der Waals surface area contributed by atoms with Gasteiger partial charge in [0.2, 0.25) is 10.0 Å². The molecule has 1 saturated heterocycles. The molecule has 2 heterocycles. The zero-order valence-electron chi connectivity index (χ0n) is 12.8. The van der Waals surface area contributed by atoms with Gasteiger partial charge < -0.3 is 10.3 Å². The Labute approximate surface area is 144 Å². The Morgan fingerprint density at radius 1 is 1.21 bits per heavy atom. The molecular formula is C14H19ClN4O4S. The Balaban J connectivity index is 0.00000208. The molecule has 0 saturated carbocycles. The fraction of sp³-hybridized carbons (Fsp3) is 0.429. The van der Waals surface area contributed by atoms with Crippen molar-refractivity contribution in [2.24, 2.45) is 5.92 Å². The molecule has 1 aliphatic rings. The van der Waals surface area contributed by atoms with E-state index in [9.17, 15) is 18.0 Å². The van der Waals surface area contributed by atoms with E-state index in [1.807, 2.05) is 0 Å². The van der Waals surface area contributed by atoms with Crippen LogP contribution < -0.4 is 21.3 Å². The molecule has 1 fully saturated rings. The van der Waals surface area contributed by atoms with Gasteiger partial charge in [-0.05, 0) is 50.0 Å². The molecule has 0 radical (unpaired) electrons. The first-order chi connectivity index (χ1) is 11.0. The van der Waals surface area contributed by atoms with Crippen LogP contribution >= 0.6 is 12.4 Å². The van der Waals surface area contributed by atoms with Gasteiger partial charge in [0.25, 0.3) is 5.56 Å². The largest absolute Gasteiger partial charge is 0.326 e. The predicted molar refractivity (Wildman–Crippen MR) is 93.2 cm³/mol. The highest BCUT2D eigenvalue weighted by Crippen LogP contribution is 2.15. The van der Waals surface area contributed by atoms with Crippen LogP contribution in [0, 0.1) is 5.92 Å². The number of fused-ring (bicyclic) bond motifs is 1. The quantitative estimate of drug-likeness (QED) is 0.582. The zero-order chi connectivity index (χ0) is 16.4. The van der Waals surface area contributed by atoms with E-state index in [0.29, 0.717) is 18.0 Å². The molecule has 1 atom stereocenters. The number of sulfonamides is 1. The normalized spacial score (nSPS) is 17.8. The van der Waals surface area contributed by atoms with Crippen molar-refractivity contribution in [2.75, 3.05) is 19.6 Å². The molecule has 3 rings (SSSR count). The first kappa shape index (κ1) is 18.7. The molecule has 8 nitrogen and oxygen atoms in total. The average Bonchev–Trinajstić information content (AvgIpc) is 2.99. The van der Waals surface area contributed by atoms with Gasteiger partial charge in [-0.2, -0.15) is 0 Å². The van der Waals surface area contributed by atoms with Crippen molar-refractivity contribution >= 4 is 33.3 Å². The third kappa shape index (κ3) is 4.04. The lowest BCUT2D eigenvalue weighted by molar-refractivity contribution is 0.519. The van der Waals surface area contributed by atoms with E-state index >= 15 is 0 Å². The highest BCUT2D eigenvalue weighted by molar-refractivity contribution is 7.89. The third-order valence-corrected chi connectivity index (χ3v) is 5.49. The number of rotatable bonds is 5. The van der Waals surface area contributed by atoms with Crippen molar-refractivity contribution in [1.82, 2.24) is 20.0 Å². The van der Waals surface area contributed by atoms with Gasteiger partial charge in [0.15, 0.2) is 0 Å². The minimum atomic E-state index is -3.69. The second-order valence-electron chi connectivity index (χ2n) is 5.66. The zero-order valence-corrected chi connectivity index (χ0v) is 14.4. The van der Waals surface area contributed by atoms with Crippen LogP contribution in [0.15, 0.2) is 32.7 Å². The molecule has 0 aliphatic carbocycles. The maximum atomic E-state index is 12.3. The van der Waals surface area contributed by atoms with Crippen LogP contribution in [-0.2, 0) is 10.0 Å². The van der Waals surface area contributed by atoms with Crippen molar-refractivity contribution in [1.29, 1.82) is 0 Å². The Morgan fingerprint density at radius 3 is 2.71 bits per heavy atom. The van der Waals surface area contributed by atoms with E-state index in [1.54, 1.807) is 0 Å². The van der Waals surface area contributed by atoms with Gasteiger partial charge in [-0.25, -0.2) is 17.9 Å². The Kier molecular flexibility index (Phi) is 5.81. The lowest BCUT2D eigenvalue weighted by Crippen LogP contribution is -2.27. The van der Waals surface area contributed by atoms with Gasteiger partial charge in [-0.15, -0.1) is 12.4 Å². The van der Waals surface area contributed by atoms with Crippen molar-refractivity contribution < 1.29 is 8.42 Å². The lowest BCUT2D eigenvalue weighted by atomic mass is 10.1. The molecule has 1 unspecified atom stereocenters. The van der Waals surface area contributed by atoms with E-state index in [1.165, 1.54) is 18.2 Å². The maximum Gasteiger partial charge on any atom is 0.326 e. The van der Waals surface area contributed by atoms with Gasteiger partial charge in [0.05, 0.1) is 15.8 Å². The Hall–Kier alpha value is -1.68. The first-order valence-corrected chi connectivity index (χ1v) is 8.91. The fourth-order valence-corrected chi connectivity index (χ4v) is 3.83. The van der Waals surface area contributed by atoms with Crippen molar-refractivity contribution in [2.45, 2.75) is 17.7 Å². The minimum Gasteiger partial charge on any atom is -0.316 e. The van der Waals surface area contributed by atoms with Crippen LogP contribution in [-0.4, -0.2) is 38.0 Å². The number of hydrogen-bond acceptors (Lipinski definition) is 5. The van der Waals surface area contributed by atoms with E-state index in [4.69, 9.17) is 0 Å². The van der Waals surface area contributed by atoms with Gasteiger partial charge in [0.1, 0.15) is 0 Å². The van der Waals surface area contributed by atoms with Crippen molar-refractivity contribution in [3.63, 3.8) is 0 Å². The highest BCUT2D eigenvalue weighted by atomic mass is 35.5. The van der Waals surface area contributed by atoms with E-state index in [2.05, 4.69) is 20.0 Å². The van der Waals surface area contributed by atoms with Crippen molar-refractivity contribution in [3.8, 4) is 0 Å². The number of benzene rings is 1. The molecule has 132 valence electrons. The number of aromatic nitrogens is 2. The number of aromatic amines is 2. The van der Waals surface area contributed by atoms with Gasteiger partial charge in [0, 0.05) is 6.54 Å². The van der Waals surface area contributed by atoms with Crippen LogP contribution in [0.25, 0.3) is 10.9 Å². The topological polar surface area (TPSA) is 124 Å². The molecule has 1 aromatic carbocycles. The summed E-state index contributed by atoms with van der Waals surface area (Å²) in [5.74, 6) is 0.488. The standard InChI is InChI=1S/C14H18N4O4S.ClH/c19-13-11-7-10(1-2-12(11)17-14(20)18-13)23(21,22)16-6-4-9-3-5-15-8-9;/h1-2,7,9,15-16H,3-6,8H2,(H2,17,18,19,20);1H. The van der Waals surface area contributed by atoms with Crippen LogP contribution in [0.2, 0.25) is 0 Å². The predicted octanol–water partition coefficient (Wildman–Crippen LogP) is -0.0839. The Morgan fingerprint density at radius 2 is 2.00 bits per heavy atom. The summed E-state index contributed by atoms with van der Waals surface area (Å²) < 4.78 is 27.2. The van der Waals surface area contributed by atoms with Gasteiger partial charge >= 0.3 is 5.69 Å². The lowest BCUT2D eigenvalue weighted by Gasteiger charge is -2.10. The number of halogens is 1. The average molecular weight is 375 g/mol. The minimum absolute atomic E-state index is 0. The van der Waals surface area contributed by atoms with Gasteiger partial charge in [-0.1, -0.05) is 0 Å². The van der Waals surface area contributed by atoms with E-state index in [-0.39, 0.29) is 22.7 Å². The highest BCUT2D eigenvalue weighted by Gasteiger charge is 2.18. The van der Waals surface area contributed by atoms with E-state index < -0.39 is 21.3 Å². The fourth-order valence-electron chi connectivity index (χ4n) is 2.75. The van der Waals surface area contributed by atoms with Crippen LogP contribution in [0.3, 0.4) is 0 Å². The third-order valence-electron chi connectivity index (χ3n) is 4.03. The SMILES string of the molecule is Cl.O=c1[nH]c(=O)c2cc(S(=O)(=O)NCCC3CCNC3)ccc2[nH]1. The number of nitrogens with one attached hydrogen (secondary N) is 4. The summed E-state index contributed by atoms with van der Waals surface area (Å²) in [6, 6.07) is 4.06. The summed E-state index contributed by atoms with van der Waals surface area (Å²) in [6.45, 7) is 2.25. The van der Waals surface area contributed by atoms with Crippen molar-refractivity contribution in [3.05, 3.63) is 39.0 Å². The summed E-state index contributed by atoms with van der Waals surface area (Å²) in [4.78, 5) is 27.5. The molecule has 10 heteroatoms. The van der Waals surface area contributed by atoms with Crippen LogP contribution in [0.1, 0.15) is 12.8 Å². The van der Waals surface area contributed by atoms with E-state index in [0.717, 1.165) is 25.9 Å². The molecule has 24 heavy (non-hydrogen) atoms. The summed E-state index contributed by atoms with van der Waals surface area (Å²) >= 11 is 0. The van der Waals surface area contributed by atoms with Crippen LogP contribution in [0.5, 0.6) is 0 Å². The molecule has 1 aromatic heterocycles. The van der Waals surface area contributed by atoms with Crippen LogP contribution in [0.4, 0.5) is 0 Å². The molecule has 4 N–H and O–H groups in total. The summed E-state index contributed by atoms with van der Waals surface area (Å²) in [6.07, 6.45) is 1.83. The second-order valence-corrected chi connectivity index (χ2v) is 7.43. The number of H-pyrrole nitrogens is 2. The molecular weight excluding hydrogens is 356 g/mol. The smallest absolute Gasteiger partial charge is 0.316 e. The summed E-state index contributed by atoms with van der Waals surface area (Å²) in [7, 11) is -3.69. The number of hydrogen-bond donors (Lipinski definition) is 4. The molecule has 0 bridgehead atoms. The molecule has 0 amide bonds. The maximum absolute atomic E-state index is 12.3. The molecule has 1 aliphatic heterocycles. The second kappa shape index (κ2) is 7.47. The molecule has 2 aromatic rings.